The average Bonchev–Trinajstić information content (AvgIpc) is 3.03. The summed E-state index contributed by atoms with van der Waals surface area (Å²) < 4.78 is 16.9. The summed E-state index contributed by atoms with van der Waals surface area (Å²) in [6, 6.07) is 17.5. The zero-order valence-corrected chi connectivity index (χ0v) is 12.9. The molecule has 0 amide bonds. The smallest absolute Gasteiger partial charge is 0.253 e. The highest BCUT2D eigenvalue weighted by atomic mass is 16.5. The van der Waals surface area contributed by atoms with Gasteiger partial charge in [0.1, 0.15) is 0 Å². The first-order chi connectivity index (χ1) is 11.3. The van der Waals surface area contributed by atoms with Crippen molar-refractivity contribution in [1.82, 2.24) is 10.2 Å². The van der Waals surface area contributed by atoms with Crippen LogP contribution >= 0.6 is 0 Å². The number of aromatic nitrogens is 2. The molecule has 0 spiro atoms. The molecule has 1 heterocycles. The molecule has 118 valence electrons. The van der Waals surface area contributed by atoms with Crippen LogP contribution < -0.4 is 9.47 Å². The minimum Gasteiger partial charge on any atom is -0.490 e. The average molecular weight is 310 g/mol. The second kappa shape index (κ2) is 7.45. The number of para-hydroxylation sites is 2. The fourth-order valence-electron chi connectivity index (χ4n) is 2.17. The van der Waals surface area contributed by atoms with E-state index in [-0.39, 0.29) is 6.61 Å². The van der Waals surface area contributed by atoms with Gasteiger partial charge in [0.2, 0.25) is 5.89 Å². The number of benzene rings is 2. The molecule has 1 aromatic heterocycles. The van der Waals surface area contributed by atoms with Crippen molar-refractivity contribution < 1.29 is 13.9 Å². The van der Waals surface area contributed by atoms with E-state index in [4.69, 9.17) is 13.9 Å². The minimum absolute atomic E-state index is 0.214. The van der Waals surface area contributed by atoms with Crippen LogP contribution in [0.15, 0.2) is 59.0 Å². The number of nitrogens with zero attached hydrogens (tertiary/aromatic N) is 2. The molecule has 0 saturated carbocycles. The van der Waals surface area contributed by atoms with E-state index in [9.17, 15) is 0 Å². The first kappa shape index (κ1) is 15.1. The number of hydrogen-bond donors (Lipinski definition) is 0. The van der Waals surface area contributed by atoms with E-state index in [0.717, 1.165) is 5.56 Å². The predicted molar refractivity (Wildman–Crippen MR) is 85.5 cm³/mol. The van der Waals surface area contributed by atoms with Crippen LogP contribution in [0.5, 0.6) is 11.5 Å². The maximum Gasteiger partial charge on any atom is 0.253 e. The van der Waals surface area contributed by atoms with Gasteiger partial charge in [0.15, 0.2) is 18.1 Å². The second-order valence-electron chi connectivity index (χ2n) is 4.92. The van der Waals surface area contributed by atoms with Gasteiger partial charge in [0.25, 0.3) is 5.89 Å². The molecule has 0 aliphatic carbocycles. The summed E-state index contributed by atoms with van der Waals surface area (Å²) in [4.78, 5) is 0. The largest absolute Gasteiger partial charge is 0.490 e. The third-order valence-corrected chi connectivity index (χ3v) is 3.21. The standard InChI is InChI=1S/C18H18N2O3/c1-2-21-15-10-6-7-11-16(15)22-13-18-20-19-17(23-18)12-14-8-4-3-5-9-14/h3-11H,2,12-13H2,1H3. The Morgan fingerprint density at radius 1 is 0.826 bits per heavy atom. The van der Waals surface area contributed by atoms with Crippen molar-refractivity contribution in [3.8, 4) is 11.5 Å². The summed E-state index contributed by atoms with van der Waals surface area (Å²) in [5.74, 6) is 2.39. The van der Waals surface area contributed by atoms with Gasteiger partial charge in [-0.15, -0.1) is 10.2 Å². The molecule has 0 radical (unpaired) electrons. The molecular formula is C18H18N2O3. The molecule has 3 aromatic rings. The molecule has 23 heavy (non-hydrogen) atoms. The molecule has 3 rings (SSSR count). The fourth-order valence-corrected chi connectivity index (χ4v) is 2.17. The normalized spacial score (nSPS) is 10.5. The molecule has 2 aromatic carbocycles. The summed E-state index contributed by atoms with van der Waals surface area (Å²) >= 11 is 0. The van der Waals surface area contributed by atoms with Crippen molar-refractivity contribution in [3.05, 3.63) is 71.9 Å². The van der Waals surface area contributed by atoms with Gasteiger partial charge in [-0.2, -0.15) is 0 Å². The van der Waals surface area contributed by atoms with E-state index in [1.807, 2.05) is 61.5 Å². The van der Waals surface area contributed by atoms with Crippen molar-refractivity contribution in [3.63, 3.8) is 0 Å². The Labute approximate surface area is 134 Å². The highest BCUT2D eigenvalue weighted by Crippen LogP contribution is 2.27. The Hall–Kier alpha value is -2.82. The Morgan fingerprint density at radius 2 is 1.48 bits per heavy atom. The van der Waals surface area contributed by atoms with Gasteiger partial charge in [0.05, 0.1) is 13.0 Å². The van der Waals surface area contributed by atoms with Crippen molar-refractivity contribution in [1.29, 1.82) is 0 Å². The van der Waals surface area contributed by atoms with E-state index in [0.29, 0.717) is 36.3 Å². The SMILES string of the molecule is CCOc1ccccc1OCc1nnc(Cc2ccccc2)o1. The van der Waals surface area contributed by atoms with Gasteiger partial charge in [-0.1, -0.05) is 42.5 Å². The molecule has 5 heteroatoms. The van der Waals surface area contributed by atoms with Gasteiger partial charge in [-0.25, -0.2) is 0 Å². The maximum atomic E-state index is 5.72. The highest BCUT2D eigenvalue weighted by Gasteiger charge is 2.09. The highest BCUT2D eigenvalue weighted by molar-refractivity contribution is 5.39. The summed E-state index contributed by atoms with van der Waals surface area (Å²) in [5.41, 5.74) is 1.13. The summed E-state index contributed by atoms with van der Waals surface area (Å²) in [6.45, 7) is 2.73. The second-order valence-corrected chi connectivity index (χ2v) is 4.92. The first-order valence-electron chi connectivity index (χ1n) is 7.55. The van der Waals surface area contributed by atoms with Crippen LogP contribution in [-0.2, 0) is 13.0 Å². The zero-order chi connectivity index (χ0) is 15.9. The van der Waals surface area contributed by atoms with Crippen molar-refractivity contribution >= 4 is 0 Å². The lowest BCUT2D eigenvalue weighted by Gasteiger charge is -2.09. The Kier molecular flexibility index (Phi) is 4.88. The Balaban J connectivity index is 1.61. The molecule has 0 unspecified atom stereocenters. The van der Waals surface area contributed by atoms with Crippen LogP contribution in [-0.4, -0.2) is 16.8 Å². The van der Waals surface area contributed by atoms with Crippen LogP contribution in [0.4, 0.5) is 0 Å². The molecular weight excluding hydrogens is 292 g/mol. The number of rotatable bonds is 7. The van der Waals surface area contributed by atoms with Crippen LogP contribution in [0, 0.1) is 0 Å². The molecule has 0 aliphatic heterocycles. The lowest BCUT2D eigenvalue weighted by Crippen LogP contribution is -1.99. The summed E-state index contributed by atoms with van der Waals surface area (Å²) in [6.07, 6.45) is 0.614. The fraction of sp³-hybridized carbons (Fsp3) is 0.222. The Morgan fingerprint density at radius 3 is 2.22 bits per heavy atom. The molecule has 5 nitrogen and oxygen atoms in total. The van der Waals surface area contributed by atoms with Gasteiger partial charge in [-0.05, 0) is 24.6 Å². The van der Waals surface area contributed by atoms with Gasteiger partial charge < -0.3 is 13.9 Å². The van der Waals surface area contributed by atoms with E-state index in [2.05, 4.69) is 10.2 Å². The molecule has 0 N–H and O–H groups in total. The third kappa shape index (κ3) is 4.10. The van der Waals surface area contributed by atoms with Gasteiger partial charge in [0, 0.05) is 0 Å². The zero-order valence-electron chi connectivity index (χ0n) is 12.9. The minimum atomic E-state index is 0.214. The first-order valence-corrected chi connectivity index (χ1v) is 7.55. The Bertz CT molecular complexity index is 741. The van der Waals surface area contributed by atoms with Gasteiger partial charge >= 0.3 is 0 Å². The van der Waals surface area contributed by atoms with Crippen LogP contribution in [0.25, 0.3) is 0 Å². The van der Waals surface area contributed by atoms with E-state index in [1.165, 1.54) is 0 Å². The van der Waals surface area contributed by atoms with Crippen molar-refractivity contribution in [2.45, 2.75) is 20.0 Å². The molecule has 0 atom stereocenters. The third-order valence-electron chi connectivity index (χ3n) is 3.21. The summed E-state index contributed by atoms with van der Waals surface area (Å²) in [5, 5.41) is 8.08. The van der Waals surface area contributed by atoms with Crippen molar-refractivity contribution in [2.24, 2.45) is 0 Å². The summed E-state index contributed by atoms with van der Waals surface area (Å²) in [7, 11) is 0. The van der Waals surface area contributed by atoms with Crippen LogP contribution in [0.3, 0.4) is 0 Å². The van der Waals surface area contributed by atoms with E-state index < -0.39 is 0 Å². The lowest BCUT2D eigenvalue weighted by atomic mass is 10.2. The molecule has 0 bridgehead atoms. The van der Waals surface area contributed by atoms with E-state index >= 15 is 0 Å². The van der Waals surface area contributed by atoms with Gasteiger partial charge in [-0.3, -0.25) is 0 Å². The van der Waals surface area contributed by atoms with E-state index in [1.54, 1.807) is 0 Å². The molecule has 0 fully saturated rings. The monoisotopic (exact) mass is 310 g/mol. The lowest BCUT2D eigenvalue weighted by molar-refractivity contribution is 0.240. The maximum absolute atomic E-state index is 5.72. The number of hydrogen-bond acceptors (Lipinski definition) is 5. The topological polar surface area (TPSA) is 57.4 Å². The van der Waals surface area contributed by atoms with Crippen molar-refractivity contribution in [2.75, 3.05) is 6.61 Å². The number of ether oxygens (including phenoxy) is 2. The molecule has 0 saturated heterocycles. The molecule has 0 aliphatic rings. The predicted octanol–water partition coefficient (Wildman–Crippen LogP) is 3.64. The van der Waals surface area contributed by atoms with Crippen LogP contribution in [0.1, 0.15) is 24.3 Å². The van der Waals surface area contributed by atoms with Crippen LogP contribution in [0.2, 0.25) is 0 Å². The quantitative estimate of drug-likeness (QED) is 0.667.